The molecule has 1 aromatic heterocycles. The number of anilines is 1. The maximum absolute atomic E-state index is 11.8. The topological polar surface area (TPSA) is 81.1 Å². The van der Waals surface area contributed by atoms with Crippen LogP contribution in [0.25, 0.3) is 5.69 Å². The molecule has 6 nitrogen and oxygen atoms in total. The molecule has 0 unspecified atom stereocenters. The summed E-state index contributed by atoms with van der Waals surface area (Å²) in [7, 11) is 0. The van der Waals surface area contributed by atoms with Gasteiger partial charge in [0.15, 0.2) is 11.6 Å². The molecular formula is C16H17N3O3. The van der Waals surface area contributed by atoms with E-state index in [2.05, 4.69) is 10.4 Å². The smallest absolute Gasteiger partial charge is 0.221 e. The van der Waals surface area contributed by atoms with Gasteiger partial charge in [-0.1, -0.05) is 0 Å². The molecule has 0 atom stereocenters. The van der Waals surface area contributed by atoms with Crippen LogP contribution in [0.5, 0.6) is 0 Å². The van der Waals surface area contributed by atoms with Gasteiger partial charge in [0.1, 0.15) is 5.69 Å². The van der Waals surface area contributed by atoms with Gasteiger partial charge in [0, 0.05) is 19.5 Å². The number of carbonyl (C=O) groups excluding carboxylic acids is 3. The number of hydrogen-bond acceptors (Lipinski definition) is 4. The summed E-state index contributed by atoms with van der Waals surface area (Å²) in [5, 5.41) is 6.92. The van der Waals surface area contributed by atoms with Crippen LogP contribution in [-0.2, 0) is 4.79 Å². The van der Waals surface area contributed by atoms with Crippen molar-refractivity contribution in [3.8, 4) is 5.69 Å². The van der Waals surface area contributed by atoms with Crippen LogP contribution in [0.2, 0.25) is 0 Å². The monoisotopic (exact) mass is 299 g/mol. The largest absolute Gasteiger partial charge is 0.326 e. The van der Waals surface area contributed by atoms with Gasteiger partial charge in [-0.05, 0) is 38.1 Å². The van der Waals surface area contributed by atoms with Crippen molar-refractivity contribution in [3.05, 3.63) is 41.2 Å². The molecule has 1 N–H and O–H groups in total. The van der Waals surface area contributed by atoms with Crippen molar-refractivity contribution in [1.82, 2.24) is 9.78 Å². The van der Waals surface area contributed by atoms with Crippen molar-refractivity contribution in [2.45, 2.75) is 27.7 Å². The van der Waals surface area contributed by atoms with E-state index in [1.807, 2.05) is 0 Å². The van der Waals surface area contributed by atoms with Gasteiger partial charge in [-0.2, -0.15) is 5.10 Å². The molecule has 2 rings (SSSR count). The van der Waals surface area contributed by atoms with Gasteiger partial charge in [0.25, 0.3) is 0 Å². The zero-order valence-electron chi connectivity index (χ0n) is 12.9. The summed E-state index contributed by atoms with van der Waals surface area (Å²) < 4.78 is 1.56. The minimum atomic E-state index is -0.248. The predicted octanol–water partition coefficient (Wildman–Crippen LogP) is 2.54. The fourth-order valence-corrected chi connectivity index (χ4v) is 2.31. The van der Waals surface area contributed by atoms with Gasteiger partial charge in [-0.25, -0.2) is 4.68 Å². The lowest BCUT2D eigenvalue weighted by molar-refractivity contribution is -0.114. The first-order valence-corrected chi connectivity index (χ1v) is 6.80. The molecule has 0 aliphatic carbocycles. The summed E-state index contributed by atoms with van der Waals surface area (Å²) in [4.78, 5) is 34.4. The van der Waals surface area contributed by atoms with E-state index in [9.17, 15) is 14.4 Å². The summed E-state index contributed by atoms with van der Waals surface area (Å²) >= 11 is 0. The Morgan fingerprint density at radius 3 is 2.00 bits per heavy atom. The van der Waals surface area contributed by atoms with Gasteiger partial charge in [0.05, 0.1) is 16.9 Å². The number of benzene rings is 1. The van der Waals surface area contributed by atoms with Crippen LogP contribution in [-0.4, -0.2) is 27.3 Å². The Labute approximate surface area is 128 Å². The molecule has 1 aromatic carbocycles. The van der Waals surface area contributed by atoms with E-state index in [-0.39, 0.29) is 23.2 Å². The molecule has 1 amide bonds. The van der Waals surface area contributed by atoms with Crippen molar-refractivity contribution in [3.63, 3.8) is 0 Å². The summed E-state index contributed by atoms with van der Waals surface area (Å²) in [5.74, 6) is -0.591. The third-order valence-corrected chi connectivity index (χ3v) is 3.23. The van der Waals surface area contributed by atoms with E-state index in [0.29, 0.717) is 22.6 Å². The Kier molecular flexibility index (Phi) is 4.21. The molecule has 6 heteroatoms. The summed E-state index contributed by atoms with van der Waals surface area (Å²) in [6.07, 6.45) is 0. The SMILES string of the molecule is CC(=O)Nc1ccc(-n2nc(C(C)=O)c(C(C)=O)c2C)cc1. The number of Topliss-reactive ketones (excluding diaryl/α,β-unsaturated/α-hetero) is 2. The van der Waals surface area contributed by atoms with Crippen LogP contribution in [0.3, 0.4) is 0 Å². The van der Waals surface area contributed by atoms with Gasteiger partial charge in [0.2, 0.25) is 5.91 Å². The van der Waals surface area contributed by atoms with E-state index >= 15 is 0 Å². The number of nitrogens with one attached hydrogen (secondary N) is 1. The van der Waals surface area contributed by atoms with Crippen LogP contribution in [0.1, 0.15) is 47.3 Å². The quantitative estimate of drug-likeness (QED) is 0.880. The minimum Gasteiger partial charge on any atom is -0.326 e. The summed E-state index contributed by atoms with van der Waals surface area (Å²) in [6.45, 7) is 5.99. The predicted molar refractivity (Wildman–Crippen MR) is 82.6 cm³/mol. The highest BCUT2D eigenvalue weighted by molar-refractivity contribution is 6.06. The van der Waals surface area contributed by atoms with Crippen molar-refractivity contribution >= 4 is 23.2 Å². The second kappa shape index (κ2) is 5.93. The van der Waals surface area contributed by atoms with Crippen LogP contribution in [0.15, 0.2) is 24.3 Å². The number of amides is 1. The first-order valence-electron chi connectivity index (χ1n) is 6.80. The number of ketones is 2. The molecule has 0 bridgehead atoms. The third-order valence-electron chi connectivity index (χ3n) is 3.23. The molecule has 0 aliphatic rings. The van der Waals surface area contributed by atoms with Gasteiger partial charge < -0.3 is 5.32 Å². The highest BCUT2D eigenvalue weighted by atomic mass is 16.1. The molecule has 0 fully saturated rings. The number of carbonyl (C=O) groups is 3. The first kappa shape index (κ1) is 15.6. The first-order chi connectivity index (χ1) is 10.3. The van der Waals surface area contributed by atoms with E-state index in [0.717, 1.165) is 0 Å². The highest BCUT2D eigenvalue weighted by Crippen LogP contribution is 2.20. The van der Waals surface area contributed by atoms with Crippen LogP contribution in [0.4, 0.5) is 5.69 Å². The van der Waals surface area contributed by atoms with E-state index in [1.54, 1.807) is 35.9 Å². The molecule has 0 aliphatic heterocycles. The van der Waals surface area contributed by atoms with Crippen molar-refractivity contribution in [2.75, 3.05) is 5.32 Å². The maximum atomic E-state index is 11.8. The lowest BCUT2D eigenvalue weighted by atomic mass is 10.1. The zero-order valence-corrected chi connectivity index (χ0v) is 12.9. The summed E-state index contributed by atoms with van der Waals surface area (Å²) in [6, 6.07) is 7.00. The third kappa shape index (κ3) is 2.95. The zero-order chi connectivity index (χ0) is 16.4. The normalized spacial score (nSPS) is 10.4. The van der Waals surface area contributed by atoms with E-state index < -0.39 is 0 Å². The van der Waals surface area contributed by atoms with Gasteiger partial charge in [-0.3, -0.25) is 14.4 Å². The molecule has 2 aromatic rings. The number of aromatic nitrogens is 2. The summed E-state index contributed by atoms with van der Waals surface area (Å²) in [5.41, 5.74) is 2.51. The molecule has 0 radical (unpaired) electrons. The Morgan fingerprint density at radius 1 is 1.00 bits per heavy atom. The average molecular weight is 299 g/mol. The Morgan fingerprint density at radius 2 is 1.59 bits per heavy atom. The van der Waals surface area contributed by atoms with Gasteiger partial charge in [-0.15, -0.1) is 0 Å². The molecule has 0 spiro atoms. The fraction of sp³-hybridized carbons (Fsp3) is 0.250. The average Bonchev–Trinajstić information content (AvgIpc) is 2.77. The second-order valence-electron chi connectivity index (χ2n) is 5.06. The van der Waals surface area contributed by atoms with Crippen molar-refractivity contribution in [2.24, 2.45) is 0 Å². The van der Waals surface area contributed by atoms with Crippen LogP contribution in [0, 0.1) is 6.92 Å². The molecule has 1 heterocycles. The van der Waals surface area contributed by atoms with Gasteiger partial charge >= 0.3 is 0 Å². The standard InChI is InChI=1S/C16H17N3O3/c1-9-15(10(2)20)16(11(3)21)18-19(9)14-7-5-13(6-8-14)17-12(4)22/h5-8H,1-4H3,(H,17,22). The van der Waals surface area contributed by atoms with E-state index in [4.69, 9.17) is 0 Å². The number of rotatable bonds is 4. The maximum Gasteiger partial charge on any atom is 0.221 e. The Balaban J connectivity index is 2.49. The number of nitrogens with zero attached hydrogens (tertiary/aromatic N) is 2. The second-order valence-corrected chi connectivity index (χ2v) is 5.06. The molecular weight excluding hydrogens is 282 g/mol. The Bertz CT molecular complexity index is 758. The molecule has 0 saturated carbocycles. The molecule has 22 heavy (non-hydrogen) atoms. The molecule has 0 saturated heterocycles. The lowest BCUT2D eigenvalue weighted by Crippen LogP contribution is -2.06. The van der Waals surface area contributed by atoms with Crippen LogP contribution < -0.4 is 5.32 Å². The van der Waals surface area contributed by atoms with E-state index in [1.165, 1.54) is 20.8 Å². The van der Waals surface area contributed by atoms with Crippen LogP contribution >= 0.6 is 0 Å². The number of hydrogen-bond donors (Lipinski definition) is 1. The Hall–Kier alpha value is -2.76. The lowest BCUT2D eigenvalue weighted by Gasteiger charge is -2.06. The molecule has 114 valence electrons. The minimum absolute atomic E-state index is 0.152. The van der Waals surface area contributed by atoms with Crippen molar-refractivity contribution in [1.29, 1.82) is 0 Å². The highest BCUT2D eigenvalue weighted by Gasteiger charge is 2.21. The fourth-order valence-electron chi connectivity index (χ4n) is 2.31. The van der Waals surface area contributed by atoms with Crippen molar-refractivity contribution < 1.29 is 14.4 Å².